The van der Waals surface area contributed by atoms with E-state index in [4.69, 9.17) is 17.3 Å². The number of halogens is 1. The van der Waals surface area contributed by atoms with E-state index in [1.807, 2.05) is 36.6 Å². The number of primary amides is 1. The highest BCUT2D eigenvalue weighted by Crippen LogP contribution is 2.26. The summed E-state index contributed by atoms with van der Waals surface area (Å²) in [5, 5.41) is 2.56. The zero-order valence-electron chi connectivity index (χ0n) is 16.7. The first-order valence-electron chi connectivity index (χ1n) is 9.37. The minimum Gasteiger partial charge on any atom is -0.366 e. The molecule has 0 aliphatic heterocycles. The van der Waals surface area contributed by atoms with Gasteiger partial charge in [-0.2, -0.15) is 4.31 Å². The van der Waals surface area contributed by atoms with Gasteiger partial charge in [0, 0.05) is 28.0 Å². The first-order valence-corrected chi connectivity index (χ1v) is 12.1. The maximum absolute atomic E-state index is 13.6. The summed E-state index contributed by atoms with van der Waals surface area (Å²) in [7, 11) is -3.89. The van der Waals surface area contributed by atoms with E-state index in [0.717, 1.165) is 10.4 Å². The molecule has 1 heterocycles. The third kappa shape index (κ3) is 5.10. The van der Waals surface area contributed by atoms with Crippen LogP contribution in [0.3, 0.4) is 0 Å². The summed E-state index contributed by atoms with van der Waals surface area (Å²) in [6, 6.07) is 15.2. The highest BCUT2D eigenvalue weighted by Gasteiger charge is 2.30. The third-order valence-electron chi connectivity index (χ3n) is 4.90. The summed E-state index contributed by atoms with van der Waals surface area (Å²) < 4.78 is 28.7. The van der Waals surface area contributed by atoms with Crippen LogP contribution in [0.4, 0.5) is 0 Å². The molecule has 30 heavy (non-hydrogen) atoms. The fourth-order valence-corrected chi connectivity index (χ4v) is 5.83. The first kappa shape index (κ1) is 22.5. The van der Waals surface area contributed by atoms with Crippen LogP contribution in [0.25, 0.3) is 0 Å². The van der Waals surface area contributed by atoms with Crippen LogP contribution in [0.1, 0.15) is 33.3 Å². The molecule has 158 valence electrons. The number of rotatable bonds is 8. The van der Waals surface area contributed by atoms with Crippen molar-refractivity contribution in [2.24, 2.45) is 5.73 Å². The molecule has 0 spiro atoms. The number of nitrogens with zero attached hydrogens (tertiary/aromatic N) is 1. The quantitative estimate of drug-likeness (QED) is 0.529. The minimum absolute atomic E-state index is 0.0499. The van der Waals surface area contributed by atoms with E-state index < -0.39 is 15.9 Å². The highest BCUT2D eigenvalue weighted by molar-refractivity contribution is 7.89. The van der Waals surface area contributed by atoms with Gasteiger partial charge >= 0.3 is 0 Å². The van der Waals surface area contributed by atoms with Gasteiger partial charge in [0.1, 0.15) is 0 Å². The Bertz CT molecular complexity index is 1130. The second kappa shape index (κ2) is 9.31. The normalized spacial score (nSPS) is 12.8. The number of nitrogens with two attached hydrogens (primary N) is 1. The van der Waals surface area contributed by atoms with Crippen LogP contribution >= 0.6 is 22.9 Å². The van der Waals surface area contributed by atoms with E-state index in [2.05, 4.69) is 0 Å². The number of benzene rings is 2. The van der Waals surface area contributed by atoms with Crippen molar-refractivity contribution < 1.29 is 13.2 Å². The fourth-order valence-electron chi connectivity index (χ4n) is 3.23. The zero-order valence-corrected chi connectivity index (χ0v) is 19.1. The number of carbonyl (C=O) groups excluding carboxylic acids is 1. The molecule has 3 rings (SSSR count). The van der Waals surface area contributed by atoms with Crippen LogP contribution < -0.4 is 5.73 Å². The molecular formula is C22H23ClN2O3S2. The number of aryl methyl sites for hydroxylation is 1. The predicted molar refractivity (Wildman–Crippen MR) is 121 cm³/mol. The van der Waals surface area contributed by atoms with Crippen LogP contribution in [0.2, 0.25) is 5.02 Å². The Morgan fingerprint density at radius 1 is 1.17 bits per heavy atom. The molecular weight excluding hydrogens is 440 g/mol. The van der Waals surface area contributed by atoms with Gasteiger partial charge in [-0.15, -0.1) is 11.3 Å². The monoisotopic (exact) mass is 462 g/mol. The maximum atomic E-state index is 13.6. The molecule has 8 heteroatoms. The van der Waals surface area contributed by atoms with E-state index in [-0.39, 0.29) is 23.0 Å². The lowest BCUT2D eigenvalue weighted by atomic mass is 10.1. The maximum Gasteiger partial charge on any atom is 0.249 e. The average Bonchev–Trinajstić information content (AvgIpc) is 3.20. The number of hydrogen-bond donors (Lipinski definition) is 1. The van der Waals surface area contributed by atoms with Gasteiger partial charge in [0.15, 0.2) is 0 Å². The van der Waals surface area contributed by atoms with E-state index >= 15 is 0 Å². The Kier molecular flexibility index (Phi) is 6.98. The van der Waals surface area contributed by atoms with E-state index in [1.54, 1.807) is 36.5 Å². The second-order valence-electron chi connectivity index (χ2n) is 7.15. The van der Waals surface area contributed by atoms with Gasteiger partial charge in [0.25, 0.3) is 0 Å². The Balaban J connectivity index is 2.01. The molecule has 1 aromatic heterocycles. The summed E-state index contributed by atoms with van der Waals surface area (Å²) in [4.78, 5) is 12.9. The topological polar surface area (TPSA) is 80.5 Å². The van der Waals surface area contributed by atoms with E-state index in [0.29, 0.717) is 17.0 Å². The molecule has 5 nitrogen and oxygen atoms in total. The average molecular weight is 463 g/mol. The third-order valence-corrected chi connectivity index (χ3v) is 8.01. The molecule has 2 N–H and O–H groups in total. The number of hydrogen-bond acceptors (Lipinski definition) is 4. The van der Waals surface area contributed by atoms with Crippen LogP contribution in [-0.2, 0) is 23.0 Å². The fraction of sp³-hybridized carbons (Fsp3) is 0.227. The van der Waals surface area contributed by atoms with Crippen molar-refractivity contribution in [1.29, 1.82) is 0 Å². The molecule has 2 aromatic carbocycles. The summed E-state index contributed by atoms with van der Waals surface area (Å²) in [6.07, 6.45) is 0.582. The standard InChI is InChI=1S/C22H23ClN2O3S2/c1-15-5-10-20(13-21(15)22(24)26)30(27,28)25(14-17-6-8-18(23)9-7-17)16(2)12-19-4-3-11-29-19/h3-11,13,16H,12,14H2,1-2H3,(H2,24,26)/t16-/m0/s1. The van der Waals surface area contributed by atoms with E-state index in [9.17, 15) is 13.2 Å². The van der Waals surface area contributed by atoms with Crippen LogP contribution in [0.5, 0.6) is 0 Å². The van der Waals surface area contributed by atoms with Crippen molar-refractivity contribution in [3.8, 4) is 0 Å². The van der Waals surface area contributed by atoms with E-state index in [1.165, 1.54) is 16.4 Å². The van der Waals surface area contributed by atoms with Gasteiger partial charge in [-0.25, -0.2) is 8.42 Å². The lowest BCUT2D eigenvalue weighted by molar-refractivity contribution is 0.0999. The van der Waals surface area contributed by atoms with Crippen molar-refractivity contribution in [3.63, 3.8) is 0 Å². The summed E-state index contributed by atoms with van der Waals surface area (Å²) in [5.74, 6) is -0.652. The first-order chi connectivity index (χ1) is 14.2. The zero-order chi connectivity index (χ0) is 21.9. The largest absolute Gasteiger partial charge is 0.366 e. The summed E-state index contributed by atoms with van der Waals surface area (Å²) in [6.45, 7) is 3.80. The van der Waals surface area contributed by atoms with Crippen LogP contribution in [0, 0.1) is 6.92 Å². The molecule has 0 unspecified atom stereocenters. The van der Waals surface area contributed by atoms with Crippen LogP contribution in [-0.4, -0.2) is 24.7 Å². The molecule has 0 aliphatic rings. The molecule has 1 amide bonds. The van der Waals surface area contributed by atoms with Gasteiger partial charge in [-0.1, -0.05) is 35.9 Å². The van der Waals surface area contributed by atoms with Crippen LogP contribution in [0.15, 0.2) is 64.9 Å². The van der Waals surface area contributed by atoms with Crippen molar-refractivity contribution in [3.05, 3.63) is 86.6 Å². The molecule has 0 fully saturated rings. The van der Waals surface area contributed by atoms with Gasteiger partial charge in [-0.3, -0.25) is 4.79 Å². The SMILES string of the molecule is Cc1ccc(S(=O)(=O)N(Cc2ccc(Cl)cc2)[C@@H](C)Cc2cccs2)cc1C(N)=O. The van der Waals surface area contributed by atoms with Crippen molar-refractivity contribution in [2.75, 3.05) is 0 Å². The molecule has 0 bridgehead atoms. The Labute approximate surface area is 186 Å². The highest BCUT2D eigenvalue weighted by atomic mass is 35.5. The number of thiophene rings is 1. The second-order valence-corrected chi connectivity index (χ2v) is 10.5. The smallest absolute Gasteiger partial charge is 0.249 e. The molecule has 1 atom stereocenters. The lowest BCUT2D eigenvalue weighted by Crippen LogP contribution is -2.39. The van der Waals surface area contributed by atoms with Crippen molar-refractivity contribution in [1.82, 2.24) is 4.31 Å². The Hall–Kier alpha value is -2.19. The molecule has 0 saturated heterocycles. The van der Waals surface area contributed by atoms with Gasteiger partial charge in [0.05, 0.1) is 4.90 Å². The molecule has 0 aliphatic carbocycles. The van der Waals surface area contributed by atoms with Gasteiger partial charge in [0.2, 0.25) is 15.9 Å². The molecule has 0 radical (unpaired) electrons. The number of sulfonamides is 1. The predicted octanol–water partition coefficient (Wildman–Crippen LogP) is 4.63. The van der Waals surface area contributed by atoms with Crippen molar-refractivity contribution in [2.45, 2.75) is 37.8 Å². The number of carbonyl (C=O) groups is 1. The number of amides is 1. The Morgan fingerprint density at radius 2 is 1.87 bits per heavy atom. The Morgan fingerprint density at radius 3 is 2.47 bits per heavy atom. The van der Waals surface area contributed by atoms with Gasteiger partial charge in [-0.05, 0) is 67.1 Å². The minimum atomic E-state index is -3.89. The lowest BCUT2D eigenvalue weighted by Gasteiger charge is -2.28. The van der Waals surface area contributed by atoms with Gasteiger partial charge < -0.3 is 5.73 Å². The molecule has 3 aromatic rings. The summed E-state index contributed by atoms with van der Waals surface area (Å²) in [5.41, 5.74) is 7.09. The van der Waals surface area contributed by atoms with Crippen molar-refractivity contribution >= 4 is 38.9 Å². The molecule has 0 saturated carbocycles. The summed E-state index contributed by atoms with van der Waals surface area (Å²) >= 11 is 7.57.